The largest absolute Gasteiger partial charge is 0.497 e. The molecule has 0 spiro atoms. The van der Waals surface area contributed by atoms with E-state index in [0.717, 1.165) is 12.8 Å². The van der Waals surface area contributed by atoms with E-state index in [0.29, 0.717) is 46.0 Å². The molecule has 5 rings (SSSR count). The Morgan fingerprint density at radius 2 is 1.79 bits per heavy atom. The summed E-state index contributed by atoms with van der Waals surface area (Å²) >= 11 is 0. The summed E-state index contributed by atoms with van der Waals surface area (Å²) in [4.78, 5) is 33.4. The minimum absolute atomic E-state index is 0.0945. The number of aromatic nitrogens is 2. The summed E-state index contributed by atoms with van der Waals surface area (Å²) in [7, 11) is 3.12. The van der Waals surface area contributed by atoms with Crippen LogP contribution in [0.2, 0.25) is 0 Å². The highest BCUT2D eigenvalue weighted by molar-refractivity contribution is 5.99. The van der Waals surface area contributed by atoms with Gasteiger partial charge in [-0.25, -0.2) is 4.98 Å². The van der Waals surface area contributed by atoms with Gasteiger partial charge in [-0.2, -0.15) is 0 Å². The maximum Gasteiger partial charge on any atom is 0.266 e. The van der Waals surface area contributed by atoms with Crippen molar-refractivity contribution in [2.24, 2.45) is 0 Å². The molecule has 7 heteroatoms. The second-order valence-electron chi connectivity index (χ2n) is 7.03. The van der Waals surface area contributed by atoms with Crippen LogP contribution >= 0.6 is 0 Å². The van der Waals surface area contributed by atoms with Gasteiger partial charge in [0.2, 0.25) is 0 Å². The van der Waals surface area contributed by atoms with E-state index in [-0.39, 0.29) is 17.5 Å². The van der Waals surface area contributed by atoms with Crippen LogP contribution in [0.15, 0.2) is 41.2 Å². The van der Waals surface area contributed by atoms with Crippen LogP contribution in [0.1, 0.15) is 35.1 Å². The van der Waals surface area contributed by atoms with Crippen LogP contribution in [0, 0.1) is 0 Å². The van der Waals surface area contributed by atoms with Gasteiger partial charge in [-0.3, -0.25) is 14.2 Å². The van der Waals surface area contributed by atoms with Gasteiger partial charge in [0.15, 0.2) is 0 Å². The lowest BCUT2D eigenvalue weighted by Gasteiger charge is -2.22. The summed E-state index contributed by atoms with van der Waals surface area (Å²) in [5, 5.41) is 0.462. The van der Waals surface area contributed by atoms with Crippen LogP contribution in [-0.2, 0) is 0 Å². The molecule has 1 saturated heterocycles. The maximum absolute atomic E-state index is 13.5. The third kappa shape index (κ3) is 2.25. The molecule has 2 aliphatic rings. The number of fused-ring (bicyclic) bond motifs is 6. The van der Waals surface area contributed by atoms with Gasteiger partial charge in [0, 0.05) is 6.54 Å². The molecule has 28 heavy (non-hydrogen) atoms. The average molecular weight is 377 g/mol. The molecule has 1 unspecified atom stereocenters. The Labute approximate surface area is 161 Å². The minimum Gasteiger partial charge on any atom is -0.497 e. The van der Waals surface area contributed by atoms with E-state index in [4.69, 9.17) is 14.5 Å². The summed E-state index contributed by atoms with van der Waals surface area (Å²) < 4.78 is 12.2. The van der Waals surface area contributed by atoms with E-state index in [2.05, 4.69) is 0 Å². The molecule has 1 amide bonds. The summed E-state index contributed by atoms with van der Waals surface area (Å²) in [6, 6.07) is 10.3. The lowest BCUT2D eigenvalue weighted by atomic mass is 10.1. The fourth-order valence-corrected chi connectivity index (χ4v) is 4.21. The van der Waals surface area contributed by atoms with Crippen molar-refractivity contribution >= 4 is 16.8 Å². The third-order valence-electron chi connectivity index (χ3n) is 5.59. The predicted octanol–water partition coefficient (Wildman–Crippen LogP) is 2.69. The van der Waals surface area contributed by atoms with Gasteiger partial charge in [0.1, 0.15) is 17.3 Å². The van der Waals surface area contributed by atoms with E-state index in [1.54, 1.807) is 55.2 Å². The number of hydrogen-bond acceptors (Lipinski definition) is 5. The number of benzene rings is 2. The van der Waals surface area contributed by atoms with Crippen molar-refractivity contribution in [3.8, 4) is 17.2 Å². The number of amides is 1. The smallest absolute Gasteiger partial charge is 0.266 e. The lowest BCUT2D eigenvalue weighted by Crippen LogP contribution is -2.31. The standard InChI is InChI=1S/C21H19N3O4/c1-27-12-5-7-16-14(10-12)21(26)24-17-8-6-13(28-2)11-15(17)20(25)23-9-3-4-18(23)19(24)22-16/h5-8,10-11,18H,3-4,9H2,1-2H3. The van der Waals surface area contributed by atoms with Crippen LogP contribution < -0.4 is 15.0 Å². The third-order valence-corrected chi connectivity index (χ3v) is 5.59. The van der Waals surface area contributed by atoms with Crippen LogP contribution in [0.25, 0.3) is 16.6 Å². The first-order chi connectivity index (χ1) is 13.6. The zero-order chi connectivity index (χ0) is 19.4. The first-order valence-corrected chi connectivity index (χ1v) is 9.22. The second kappa shape index (κ2) is 6.09. The van der Waals surface area contributed by atoms with Crippen molar-refractivity contribution in [2.75, 3.05) is 20.8 Å². The first kappa shape index (κ1) is 16.8. The molecule has 2 aromatic carbocycles. The fraction of sp³-hybridized carbons (Fsp3) is 0.286. The van der Waals surface area contributed by atoms with Gasteiger partial charge >= 0.3 is 0 Å². The molecule has 3 aromatic rings. The van der Waals surface area contributed by atoms with Crippen molar-refractivity contribution in [3.63, 3.8) is 0 Å². The molecule has 7 nitrogen and oxygen atoms in total. The zero-order valence-corrected chi connectivity index (χ0v) is 15.6. The van der Waals surface area contributed by atoms with Gasteiger partial charge in [-0.15, -0.1) is 0 Å². The highest BCUT2D eigenvalue weighted by atomic mass is 16.5. The Kier molecular flexibility index (Phi) is 3.65. The summed E-state index contributed by atoms with van der Waals surface area (Å²) in [5.41, 5.74) is 1.40. The quantitative estimate of drug-likeness (QED) is 0.687. The number of nitrogens with zero attached hydrogens (tertiary/aromatic N) is 3. The zero-order valence-electron chi connectivity index (χ0n) is 15.6. The second-order valence-corrected chi connectivity index (χ2v) is 7.03. The van der Waals surface area contributed by atoms with Gasteiger partial charge in [0.25, 0.3) is 11.5 Å². The van der Waals surface area contributed by atoms with E-state index >= 15 is 0 Å². The maximum atomic E-state index is 13.5. The summed E-state index contributed by atoms with van der Waals surface area (Å²) in [6.45, 7) is 0.649. The molecule has 0 aliphatic carbocycles. The van der Waals surface area contributed by atoms with Gasteiger partial charge in [-0.1, -0.05) is 0 Å². The van der Waals surface area contributed by atoms with Crippen LogP contribution in [0.4, 0.5) is 0 Å². The van der Waals surface area contributed by atoms with Crippen LogP contribution in [-0.4, -0.2) is 41.1 Å². The first-order valence-electron chi connectivity index (χ1n) is 9.22. The van der Waals surface area contributed by atoms with E-state index in [9.17, 15) is 9.59 Å². The number of methoxy groups -OCH3 is 2. The molecule has 0 N–H and O–H groups in total. The summed E-state index contributed by atoms with van der Waals surface area (Å²) in [6.07, 6.45) is 1.66. The van der Waals surface area contributed by atoms with Gasteiger partial charge in [0.05, 0.1) is 42.4 Å². The number of hydrogen-bond donors (Lipinski definition) is 0. The van der Waals surface area contributed by atoms with E-state index < -0.39 is 0 Å². The highest BCUT2D eigenvalue weighted by Gasteiger charge is 2.38. The van der Waals surface area contributed by atoms with Crippen molar-refractivity contribution in [2.45, 2.75) is 18.9 Å². The Morgan fingerprint density at radius 3 is 2.57 bits per heavy atom. The predicted molar refractivity (Wildman–Crippen MR) is 103 cm³/mol. The van der Waals surface area contributed by atoms with Crippen molar-refractivity contribution in [1.82, 2.24) is 14.5 Å². The molecule has 0 saturated carbocycles. The number of ether oxygens (including phenoxy) is 2. The minimum atomic E-state index is -0.218. The Balaban J connectivity index is 1.90. The Bertz CT molecular complexity index is 1180. The number of rotatable bonds is 2. The molecule has 0 bridgehead atoms. The number of carbonyl (C=O) groups excluding carboxylic acids is 1. The molecule has 2 aliphatic heterocycles. The average Bonchev–Trinajstić information content (AvgIpc) is 3.19. The van der Waals surface area contributed by atoms with Crippen molar-refractivity contribution < 1.29 is 14.3 Å². The SMILES string of the molecule is COc1ccc2c(c1)C(=O)N1CCCC1c1nc3ccc(OC)cc3c(=O)n1-2. The Morgan fingerprint density at radius 1 is 1.04 bits per heavy atom. The Hall–Kier alpha value is -3.35. The molecule has 1 fully saturated rings. The van der Waals surface area contributed by atoms with Crippen LogP contribution in [0.3, 0.4) is 0 Å². The van der Waals surface area contributed by atoms with E-state index in [1.807, 2.05) is 4.90 Å². The molecule has 1 atom stereocenters. The van der Waals surface area contributed by atoms with E-state index in [1.165, 1.54) is 0 Å². The molecular weight excluding hydrogens is 358 g/mol. The fourth-order valence-electron chi connectivity index (χ4n) is 4.21. The summed E-state index contributed by atoms with van der Waals surface area (Å²) in [5.74, 6) is 1.68. The van der Waals surface area contributed by atoms with Gasteiger partial charge in [-0.05, 0) is 49.2 Å². The number of carbonyl (C=O) groups is 1. The van der Waals surface area contributed by atoms with Gasteiger partial charge < -0.3 is 14.4 Å². The molecule has 3 heterocycles. The van der Waals surface area contributed by atoms with Crippen LogP contribution in [0.5, 0.6) is 11.5 Å². The highest BCUT2D eigenvalue weighted by Crippen LogP contribution is 2.38. The van der Waals surface area contributed by atoms with Crippen molar-refractivity contribution in [1.29, 1.82) is 0 Å². The normalized spacial score (nSPS) is 17.7. The topological polar surface area (TPSA) is 73.7 Å². The molecule has 1 aromatic heterocycles. The monoisotopic (exact) mass is 377 g/mol. The van der Waals surface area contributed by atoms with Crippen molar-refractivity contribution in [3.05, 3.63) is 58.1 Å². The molecule has 0 radical (unpaired) electrons. The molecule has 142 valence electrons. The molecular formula is C21H19N3O4. The lowest BCUT2D eigenvalue weighted by molar-refractivity contribution is 0.0735.